The van der Waals surface area contributed by atoms with Crippen LogP contribution in [0.15, 0.2) is 23.2 Å². The number of aliphatic imine (C=N–C) groups is 1. The fraction of sp³-hybridized carbons (Fsp3) is 0.609. The zero-order valence-corrected chi connectivity index (χ0v) is 18.7. The zero-order valence-electron chi connectivity index (χ0n) is 18.7. The Kier molecular flexibility index (Phi) is 5.02. The summed E-state index contributed by atoms with van der Waals surface area (Å²) in [4.78, 5) is 30.1. The van der Waals surface area contributed by atoms with E-state index in [2.05, 4.69) is 10.3 Å². The summed E-state index contributed by atoms with van der Waals surface area (Å²) in [6, 6.07) is 5.13. The Bertz CT molecular complexity index is 962. The van der Waals surface area contributed by atoms with Gasteiger partial charge in [-0.2, -0.15) is 0 Å². The number of esters is 1. The van der Waals surface area contributed by atoms with Crippen LogP contribution in [0.3, 0.4) is 0 Å². The van der Waals surface area contributed by atoms with Crippen LogP contribution in [0.2, 0.25) is 0 Å². The first kappa shape index (κ1) is 21.6. The number of anilines is 1. The molecule has 2 bridgehead atoms. The van der Waals surface area contributed by atoms with Crippen LogP contribution in [0.4, 0.5) is 10.1 Å². The minimum absolute atomic E-state index is 0.00610. The minimum atomic E-state index is -1.14. The van der Waals surface area contributed by atoms with Crippen molar-refractivity contribution in [2.24, 2.45) is 28.0 Å². The van der Waals surface area contributed by atoms with Crippen LogP contribution in [0.25, 0.3) is 0 Å². The predicted octanol–water partition coefficient (Wildman–Crippen LogP) is 3.00. The van der Waals surface area contributed by atoms with E-state index in [1.807, 2.05) is 0 Å². The van der Waals surface area contributed by atoms with Crippen molar-refractivity contribution in [2.45, 2.75) is 64.6 Å². The summed E-state index contributed by atoms with van der Waals surface area (Å²) in [5, 5.41) is 3.55. The Labute approximate surface area is 182 Å². The number of guanidine groups is 1. The second-order valence-corrected chi connectivity index (χ2v) is 9.85. The molecule has 7 nitrogen and oxygen atoms in total. The number of carbonyl (C=O) groups is 2. The average molecular weight is 431 g/mol. The molecule has 5 atom stereocenters. The van der Waals surface area contributed by atoms with Gasteiger partial charge in [-0.3, -0.25) is 14.5 Å². The van der Waals surface area contributed by atoms with Gasteiger partial charge in [-0.05, 0) is 70.1 Å². The molecule has 1 aromatic rings. The van der Waals surface area contributed by atoms with Crippen molar-refractivity contribution >= 4 is 23.5 Å². The van der Waals surface area contributed by atoms with E-state index in [-0.39, 0.29) is 30.0 Å². The second kappa shape index (κ2) is 7.21. The molecular formula is C23H31FN4O3. The SMILES string of the molecule is CC(=O)OC1CC2CC1C[C@@H]2Nc1ccc(F)c([C@@]2(C)N=C(N)N(C)C(=O)C2(C)C)c1. The predicted molar refractivity (Wildman–Crippen MR) is 116 cm³/mol. The van der Waals surface area contributed by atoms with Gasteiger partial charge >= 0.3 is 5.97 Å². The van der Waals surface area contributed by atoms with E-state index >= 15 is 4.39 Å². The molecule has 3 aliphatic rings. The van der Waals surface area contributed by atoms with E-state index in [9.17, 15) is 9.59 Å². The standard InChI is InChI=1S/C23H31FN4O3/c1-12(29)31-19-10-13-8-14(19)9-18(13)26-15-6-7-17(24)16(11-15)23(4)22(2,3)20(30)28(5)21(25)27-23/h6-7,11,13-14,18-19,26H,8-10H2,1-5H3,(H2,25,27)/t13?,14?,18-,19?,23+/m0/s1. The number of amides is 1. The van der Waals surface area contributed by atoms with Crippen LogP contribution in [-0.4, -0.2) is 41.9 Å². The highest BCUT2D eigenvalue weighted by Gasteiger charge is 2.54. The maximum Gasteiger partial charge on any atom is 0.302 e. The molecule has 0 spiro atoms. The molecule has 1 aromatic carbocycles. The van der Waals surface area contributed by atoms with Crippen LogP contribution in [0, 0.1) is 23.1 Å². The highest BCUT2D eigenvalue weighted by atomic mass is 19.1. The summed E-state index contributed by atoms with van der Waals surface area (Å²) in [5.74, 6) is -0.00213. The number of nitrogens with zero attached hydrogens (tertiary/aromatic N) is 2. The Morgan fingerprint density at radius 3 is 2.58 bits per heavy atom. The molecule has 2 fully saturated rings. The third kappa shape index (κ3) is 3.36. The lowest BCUT2D eigenvalue weighted by molar-refractivity contribution is -0.148. The number of carbonyl (C=O) groups excluding carboxylic acids is 2. The molecule has 0 aromatic heterocycles. The number of benzene rings is 1. The van der Waals surface area contributed by atoms with Crippen molar-refractivity contribution < 1.29 is 18.7 Å². The molecule has 1 heterocycles. The number of nitrogens with two attached hydrogens (primary N) is 1. The molecule has 3 unspecified atom stereocenters. The second-order valence-electron chi connectivity index (χ2n) is 9.85. The monoisotopic (exact) mass is 430 g/mol. The summed E-state index contributed by atoms with van der Waals surface area (Å²) >= 11 is 0. The number of ether oxygens (including phenoxy) is 1. The number of halogens is 1. The van der Waals surface area contributed by atoms with Gasteiger partial charge in [0, 0.05) is 31.3 Å². The lowest BCUT2D eigenvalue weighted by atomic mass is 9.67. The van der Waals surface area contributed by atoms with E-state index in [0.29, 0.717) is 17.4 Å². The lowest BCUT2D eigenvalue weighted by Gasteiger charge is -2.46. The highest BCUT2D eigenvalue weighted by Crippen LogP contribution is 2.49. The van der Waals surface area contributed by atoms with Crippen LogP contribution in [0.1, 0.15) is 52.5 Å². The normalized spacial score (nSPS) is 33.9. The Hall–Kier alpha value is -2.64. The summed E-state index contributed by atoms with van der Waals surface area (Å²) < 4.78 is 20.5. The van der Waals surface area contributed by atoms with Crippen molar-refractivity contribution in [3.05, 3.63) is 29.6 Å². The molecule has 0 saturated heterocycles. The number of rotatable bonds is 4. The van der Waals surface area contributed by atoms with Gasteiger partial charge in [-0.15, -0.1) is 0 Å². The van der Waals surface area contributed by atoms with E-state index in [0.717, 1.165) is 24.9 Å². The van der Waals surface area contributed by atoms with Crippen LogP contribution < -0.4 is 11.1 Å². The number of fused-ring (bicyclic) bond motifs is 2. The first-order valence-electron chi connectivity index (χ1n) is 10.8. The van der Waals surface area contributed by atoms with Crippen LogP contribution in [-0.2, 0) is 19.9 Å². The highest BCUT2D eigenvalue weighted by molar-refractivity contribution is 6.01. The summed E-state index contributed by atoms with van der Waals surface area (Å²) in [6.45, 7) is 6.75. The lowest BCUT2D eigenvalue weighted by Crippen LogP contribution is -2.58. The van der Waals surface area contributed by atoms with E-state index < -0.39 is 16.8 Å². The van der Waals surface area contributed by atoms with Gasteiger partial charge in [0.15, 0.2) is 5.96 Å². The van der Waals surface area contributed by atoms with E-state index in [4.69, 9.17) is 10.5 Å². The summed E-state index contributed by atoms with van der Waals surface area (Å²) in [7, 11) is 1.58. The van der Waals surface area contributed by atoms with Gasteiger partial charge in [0.2, 0.25) is 5.91 Å². The van der Waals surface area contributed by atoms with Crippen LogP contribution >= 0.6 is 0 Å². The van der Waals surface area contributed by atoms with Crippen molar-refractivity contribution in [3.8, 4) is 0 Å². The summed E-state index contributed by atoms with van der Waals surface area (Å²) in [5.41, 5.74) is 5.00. The number of hydrogen-bond acceptors (Lipinski definition) is 6. The van der Waals surface area contributed by atoms with Gasteiger partial charge in [-0.25, -0.2) is 9.38 Å². The molecule has 2 saturated carbocycles. The zero-order chi connectivity index (χ0) is 22.7. The molecule has 31 heavy (non-hydrogen) atoms. The average Bonchev–Trinajstić information content (AvgIpc) is 3.26. The van der Waals surface area contributed by atoms with Gasteiger partial charge in [0.05, 0.1) is 5.41 Å². The largest absolute Gasteiger partial charge is 0.462 e. The Balaban J connectivity index is 1.59. The van der Waals surface area contributed by atoms with E-state index in [1.165, 1.54) is 17.9 Å². The molecule has 0 radical (unpaired) electrons. The topological polar surface area (TPSA) is 97.0 Å². The maximum absolute atomic E-state index is 15.0. The Morgan fingerprint density at radius 1 is 1.26 bits per heavy atom. The van der Waals surface area contributed by atoms with Crippen LogP contribution in [0.5, 0.6) is 0 Å². The van der Waals surface area contributed by atoms with Crippen molar-refractivity contribution in [1.82, 2.24) is 4.90 Å². The maximum atomic E-state index is 15.0. The third-order valence-electron chi connectivity index (χ3n) is 7.69. The van der Waals surface area contributed by atoms with Crippen molar-refractivity contribution in [3.63, 3.8) is 0 Å². The van der Waals surface area contributed by atoms with Gasteiger partial charge < -0.3 is 15.8 Å². The minimum Gasteiger partial charge on any atom is -0.462 e. The quantitative estimate of drug-likeness (QED) is 0.716. The fourth-order valence-corrected chi connectivity index (χ4v) is 5.53. The molecule has 1 aliphatic heterocycles. The third-order valence-corrected chi connectivity index (χ3v) is 7.69. The first-order valence-corrected chi connectivity index (χ1v) is 10.8. The Morgan fingerprint density at radius 2 is 1.97 bits per heavy atom. The molecular weight excluding hydrogens is 399 g/mol. The molecule has 2 aliphatic carbocycles. The van der Waals surface area contributed by atoms with E-state index in [1.54, 1.807) is 40.0 Å². The molecule has 168 valence electrons. The van der Waals surface area contributed by atoms with Crippen molar-refractivity contribution in [2.75, 3.05) is 12.4 Å². The number of hydrogen-bond donors (Lipinski definition) is 2. The molecule has 1 amide bonds. The molecule has 3 N–H and O–H groups in total. The van der Waals surface area contributed by atoms with Crippen molar-refractivity contribution in [1.29, 1.82) is 0 Å². The van der Waals surface area contributed by atoms with Gasteiger partial charge in [0.1, 0.15) is 17.5 Å². The first-order chi connectivity index (χ1) is 14.4. The summed E-state index contributed by atoms with van der Waals surface area (Å²) in [6.07, 6.45) is 2.79. The smallest absolute Gasteiger partial charge is 0.302 e. The van der Waals surface area contributed by atoms with Gasteiger partial charge in [0.25, 0.3) is 0 Å². The van der Waals surface area contributed by atoms with Gasteiger partial charge in [-0.1, -0.05) is 0 Å². The fourth-order valence-electron chi connectivity index (χ4n) is 5.53. The number of nitrogens with one attached hydrogen (secondary N) is 1. The molecule has 8 heteroatoms. The molecule has 4 rings (SSSR count).